The van der Waals surface area contributed by atoms with E-state index in [9.17, 15) is 0 Å². The van der Waals surface area contributed by atoms with Crippen molar-refractivity contribution < 1.29 is 0 Å². The Bertz CT molecular complexity index is 408. The van der Waals surface area contributed by atoms with Gasteiger partial charge in [0, 0.05) is 24.0 Å². The van der Waals surface area contributed by atoms with Gasteiger partial charge in [0.2, 0.25) is 0 Å². The maximum Gasteiger partial charge on any atom is 0.138 e. The number of hydrogen-bond acceptors (Lipinski definition) is 2. The molecule has 0 aliphatic rings. The highest BCUT2D eigenvalue weighted by Gasteiger charge is 1.98. The lowest BCUT2D eigenvalue weighted by Crippen LogP contribution is -1.95. The van der Waals surface area contributed by atoms with Gasteiger partial charge in [-0.1, -0.05) is 11.6 Å². The quantitative estimate of drug-likeness (QED) is 0.724. The molecule has 12 heavy (non-hydrogen) atoms. The second-order valence-corrected chi connectivity index (χ2v) is 2.98. The molecular weight excluding hydrogens is 174 g/mol. The zero-order valence-corrected chi connectivity index (χ0v) is 7.12. The molecule has 2 N–H and O–H groups in total. The number of nitrogens with zero attached hydrogens (tertiary/aromatic N) is 2. The third-order valence-corrected chi connectivity index (χ3v) is 1.92. The summed E-state index contributed by atoms with van der Waals surface area (Å²) < 4.78 is 1.90. The van der Waals surface area contributed by atoms with E-state index in [1.807, 2.05) is 22.9 Å². The minimum atomic E-state index is 0.458. The molecule has 2 heterocycles. The molecule has 62 valence electrons. The molecule has 0 unspecified atom stereocenters. The van der Waals surface area contributed by atoms with E-state index in [-0.39, 0.29) is 0 Å². The van der Waals surface area contributed by atoms with E-state index in [0.717, 1.165) is 11.3 Å². The third-order valence-electron chi connectivity index (χ3n) is 1.68. The van der Waals surface area contributed by atoms with Crippen LogP contribution >= 0.6 is 11.6 Å². The molecule has 2 rings (SSSR count). The number of nitrogens with two attached hydrogens (primary N) is 1. The Balaban J connectivity index is 2.67. The van der Waals surface area contributed by atoms with Crippen LogP contribution < -0.4 is 5.73 Å². The Labute approximate surface area is 74.8 Å². The van der Waals surface area contributed by atoms with Gasteiger partial charge in [0.25, 0.3) is 0 Å². The first-order chi connectivity index (χ1) is 5.79. The smallest absolute Gasteiger partial charge is 0.138 e. The van der Waals surface area contributed by atoms with Crippen molar-refractivity contribution in [1.29, 1.82) is 0 Å². The lowest BCUT2D eigenvalue weighted by molar-refractivity contribution is 1.02. The second kappa shape index (κ2) is 2.77. The summed E-state index contributed by atoms with van der Waals surface area (Å²) >= 11 is 5.79. The van der Waals surface area contributed by atoms with Gasteiger partial charge in [-0.2, -0.15) is 0 Å². The van der Waals surface area contributed by atoms with Crippen LogP contribution in [-0.2, 0) is 6.54 Å². The molecule has 0 bridgehead atoms. The molecular formula is C8H8ClN3. The maximum absolute atomic E-state index is 5.79. The van der Waals surface area contributed by atoms with Gasteiger partial charge in [0.05, 0.1) is 5.69 Å². The van der Waals surface area contributed by atoms with E-state index in [1.54, 1.807) is 6.07 Å². The Hall–Kier alpha value is -1.06. The predicted molar refractivity (Wildman–Crippen MR) is 48.1 cm³/mol. The van der Waals surface area contributed by atoms with Gasteiger partial charge in [-0.25, -0.2) is 4.98 Å². The van der Waals surface area contributed by atoms with E-state index in [2.05, 4.69) is 4.98 Å². The monoisotopic (exact) mass is 181 g/mol. The highest BCUT2D eigenvalue weighted by molar-refractivity contribution is 6.30. The van der Waals surface area contributed by atoms with Crippen molar-refractivity contribution in [2.45, 2.75) is 6.54 Å². The largest absolute Gasteiger partial charge is 0.325 e. The Morgan fingerprint density at radius 2 is 2.42 bits per heavy atom. The van der Waals surface area contributed by atoms with Crippen LogP contribution in [0.1, 0.15) is 5.69 Å². The number of hydrogen-bond donors (Lipinski definition) is 1. The lowest BCUT2D eigenvalue weighted by Gasteiger charge is -1.90. The fourth-order valence-electron chi connectivity index (χ4n) is 1.11. The number of imidazole rings is 1. The lowest BCUT2D eigenvalue weighted by atomic mass is 10.5. The first kappa shape index (κ1) is 7.58. The van der Waals surface area contributed by atoms with Crippen LogP contribution in [0.5, 0.6) is 0 Å². The first-order valence-electron chi connectivity index (χ1n) is 3.63. The SMILES string of the molecule is NCc1cn2ccc(Cl)cc2n1. The molecule has 0 fully saturated rings. The summed E-state index contributed by atoms with van der Waals surface area (Å²) in [6, 6.07) is 3.62. The summed E-state index contributed by atoms with van der Waals surface area (Å²) in [5, 5.41) is 0.691. The average molecular weight is 182 g/mol. The van der Waals surface area contributed by atoms with Crippen molar-refractivity contribution in [3.8, 4) is 0 Å². The van der Waals surface area contributed by atoms with E-state index < -0.39 is 0 Å². The fraction of sp³-hybridized carbons (Fsp3) is 0.125. The molecule has 0 saturated carbocycles. The molecule has 3 nitrogen and oxygen atoms in total. The molecule has 4 heteroatoms. The van der Waals surface area contributed by atoms with Crippen LogP contribution in [0.3, 0.4) is 0 Å². The van der Waals surface area contributed by atoms with E-state index in [1.165, 1.54) is 0 Å². The van der Waals surface area contributed by atoms with Crippen LogP contribution in [-0.4, -0.2) is 9.38 Å². The van der Waals surface area contributed by atoms with Crippen LogP contribution in [0.25, 0.3) is 5.65 Å². The fourth-order valence-corrected chi connectivity index (χ4v) is 1.26. The second-order valence-electron chi connectivity index (χ2n) is 2.55. The van der Waals surface area contributed by atoms with Gasteiger partial charge in [-0.05, 0) is 12.1 Å². The van der Waals surface area contributed by atoms with Crippen LogP contribution in [0, 0.1) is 0 Å². The summed E-state index contributed by atoms with van der Waals surface area (Å²) in [6.45, 7) is 0.458. The van der Waals surface area contributed by atoms with Crippen LogP contribution in [0.4, 0.5) is 0 Å². The van der Waals surface area contributed by atoms with Crippen molar-refractivity contribution in [2.75, 3.05) is 0 Å². The first-order valence-corrected chi connectivity index (χ1v) is 4.00. The normalized spacial score (nSPS) is 10.8. The summed E-state index contributed by atoms with van der Waals surface area (Å²) in [5.74, 6) is 0. The molecule has 0 radical (unpaired) electrons. The highest BCUT2D eigenvalue weighted by atomic mass is 35.5. The van der Waals surface area contributed by atoms with Gasteiger partial charge in [-0.15, -0.1) is 0 Å². The molecule has 0 amide bonds. The standard InChI is InChI=1S/C8H8ClN3/c9-6-1-2-12-5-7(4-10)11-8(12)3-6/h1-3,5H,4,10H2. The topological polar surface area (TPSA) is 43.3 Å². The zero-order valence-electron chi connectivity index (χ0n) is 6.37. The van der Waals surface area contributed by atoms with Crippen LogP contribution in [0.2, 0.25) is 5.02 Å². The number of halogens is 1. The molecule has 0 spiro atoms. The van der Waals surface area contributed by atoms with Crippen LogP contribution in [0.15, 0.2) is 24.5 Å². The Kier molecular flexibility index (Phi) is 1.75. The molecule has 0 saturated heterocycles. The summed E-state index contributed by atoms with van der Waals surface area (Å²) in [7, 11) is 0. The Morgan fingerprint density at radius 3 is 3.17 bits per heavy atom. The van der Waals surface area contributed by atoms with Gasteiger partial charge in [0.15, 0.2) is 0 Å². The zero-order chi connectivity index (χ0) is 8.55. The van der Waals surface area contributed by atoms with E-state index >= 15 is 0 Å². The average Bonchev–Trinajstić information content (AvgIpc) is 2.46. The highest BCUT2D eigenvalue weighted by Crippen LogP contribution is 2.11. The number of fused-ring (bicyclic) bond motifs is 1. The van der Waals surface area contributed by atoms with Crippen molar-refractivity contribution in [3.05, 3.63) is 35.2 Å². The van der Waals surface area contributed by atoms with E-state index in [0.29, 0.717) is 11.6 Å². The van der Waals surface area contributed by atoms with Crippen molar-refractivity contribution in [3.63, 3.8) is 0 Å². The molecule has 0 atom stereocenters. The van der Waals surface area contributed by atoms with Gasteiger partial charge in [0.1, 0.15) is 5.65 Å². The van der Waals surface area contributed by atoms with Gasteiger partial charge >= 0.3 is 0 Å². The summed E-state index contributed by atoms with van der Waals surface area (Å²) in [4.78, 5) is 4.25. The number of aromatic nitrogens is 2. The predicted octanol–water partition coefficient (Wildman–Crippen LogP) is 1.45. The molecule has 2 aromatic heterocycles. The van der Waals surface area contributed by atoms with Crippen molar-refractivity contribution in [1.82, 2.24) is 9.38 Å². The van der Waals surface area contributed by atoms with Gasteiger partial charge in [-0.3, -0.25) is 0 Å². The number of pyridine rings is 1. The molecule has 0 aliphatic heterocycles. The maximum atomic E-state index is 5.79. The molecule has 0 aliphatic carbocycles. The van der Waals surface area contributed by atoms with Crippen molar-refractivity contribution in [2.24, 2.45) is 5.73 Å². The minimum Gasteiger partial charge on any atom is -0.325 e. The van der Waals surface area contributed by atoms with Gasteiger partial charge < -0.3 is 10.1 Å². The molecule has 0 aromatic carbocycles. The minimum absolute atomic E-state index is 0.458. The number of rotatable bonds is 1. The summed E-state index contributed by atoms with van der Waals surface area (Å²) in [5.41, 5.74) is 7.15. The van der Waals surface area contributed by atoms with E-state index in [4.69, 9.17) is 17.3 Å². The summed E-state index contributed by atoms with van der Waals surface area (Å²) in [6.07, 6.45) is 3.76. The third kappa shape index (κ3) is 1.17. The Morgan fingerprint density at radius 1 is 1.58 bits per heavy atom. The molecule has 2 aromatic rings. The van der Waals surface area contributed by atoms with Crippen molar-refractivity contribution >= 4 is 17.2 Å².